The molecule has 5 nitrogen and oxygen atoms in total. The van der Waals surface area contributed by atoms with E-state index in [1.165, 1.54) is 18.2 Å². The van der Waals surface area contributed by atoms with Crippen molar-refractivity contribution in [3.63, 3.8) is 0 Å². The Labute approximate surface area is 120 Å². The molecule has 0 amide bonds. The zero-order valence-corrected chi connectivity index (χ0v) is 12.2. The highest BCUT2D eigenvalue weighted by Gasteiger charge is 2.21. The van der Waals surface area contributed by atoms with Crippen molar-refractivity contribution in [3.8, 4) is 0 Å². The van der Waals surface area contributed by atoms with Gasteiger partial charge in [-0.25, -0.2) is 17.9 Å². The zero-order valence-electron chi connectivity index (χ0n) is 9.85. The van der Waals surface area contributed by atoms with Crippen LogP contribution < -0.4 is 4.72 Å². The van der Waals surface area contributed by atoms with Gasteiger partial charge in [-0.2, -0.15) is 0 Å². The standard InChI is InChI=1S/C11H11Cl2NO4S/c1-2-14-19(17,18)11-8(12)5-7(6-9(11)13)3-4-10(15)16/h3-6,14H,2H2,1H3,(H,15,16). The van der Waals surface area contributed by atoms with Gasteiger partial charge in [0.25, 0.3) is 0 Å². The lowest BCUT2D eigenvalue weighted by Crippen LogP contribution is -2.23. The minimum Gasteiger partial charge on any atom is -0.478 e. The first-order chi connectivity index (χ1) is 8.77. The second-order valence-corrected chi connectivity index (χ2v) is 6.00. The highest BCUT2D eigenvalue weighted by Crippen LogP contribution is 2.31. The molecule has 0 heterocycles. The van der Waals surface area contributed by atoms with E-state index < -0.39 is 16.0 Å². The van der Waals surface area contributed by atoms with Crippen LogP contribution in [0, 0.1) is 0 Å². The summed E-state index contributed by atoms with van der Waals surface area (Å²) in [7, 11) is -3.77. The van der Waals surface area contributed by atoms with Gasteiger partial charge in [0.15, 0.2) is 0 Å². The molecule has 0 aromatic heterocycles. The van der Waals surface area contributed by atoms with Crippen LogP contribution in [0.5, 0.6) is 0 Å². The normalized spacial score (nSPS) is 11.9. The third-order valence-electron chi connectivity index (χ3n) is 2.04. The van der Waals surface area contributed by atoms with E-state index >= 15 is 0 Å². The van der Waals surface area contributed by atoms with Crippen LogP contribution in [0.2, 0.25) is 10.0 Å². The van der Waals surface area contributed by atoms with E-state index in [2.05, 4.69) is 4.72 Å². The van der Waals surface area contributed by atoms with Gasteiger partial charge in [0.2, 0.25) is 10.0 Å². The Balaban J connectivity index is 3.30. The van der Waals surface area contributed by atoms with Crippen LogP contribution in [-0.4, -0.2) is 26.0 Å². The van der Waals surface area contributed by atoms with Gasteiger partial charge in [0.1, 0.15) is 4.90 Å². The van der Waals surface area contributed by atoms with Gasteiger partial charge in [-0.3, -0.25) is 0 Å². The predicted molar refractivity (Wildman–Crippen MR) is 74.0 cm³/mol. The molecule has 0 saturated carbocycles. The third-order valence-corrected chi connectivity index (χ3v) is 4.51. The van der Waals surface area contributed by atoms with Crippen LogP contribution >= 0.6 is 23.2 Å². The van der Waals surface area contributed by atoms with Gasteiger partial charge in [-0.05, 0) is 23.8 Å². The Morgan fingerprint density at radius 3 is 2.32 bits per heavy atom. The molecule has 1 rings (SSSR count). The molecule has 19 heavy (non-hydrogen) atoms. The number of hydrogen-bond acceptors (Lipinski definition) is 3. The van der Waals surface area contributed by atoms with Crippen molar-refractivity contribution >= 4 is 45.3 Å². The topological polar surface area (TPSA) is 83.5 Å². The Kier molecular flexibility index (Phi) is 5.37. The van der Waals surface area contributed by atoms with Crippen molar-refractivity contribution in [2.45, 2.75) is 11.8 Å². The SMILES string of the molecule is CCNS(=O)(=O)c1c(Cl)cc(C=CC(=O)O)cc1Cl. The molecule has 0 atom stereocenters. The monoisotopic (exact) mass is 323 g/mol. The molecular weight excluding hydrogens is 313 g/mol. The molecule has 1 aromatic rings. The van der Waals surface area contributed by atoms with Crippen LogP contribution in [0.25, 0.3) is 6.08 Å². The Morgan fingerprint density at radius 1 is 1.37 bits per heavy atom. The van der Waals surface area contributed by atoms with Crippen molar-refractivity contribution in [2.75, 3.05) is 6.54 Å². The number of carboxylic acids is 1. The van der Waals surface area contributed by atoms with Crippen molar-refractivity contribution in [3.05, 3.63) is 33.8 Å². The molecule has 0 aliphatic carbocycles. The van der Waals surface area contributed by atoms with Gasteiger partial charge in [0.05, 0.1) is 10.0 Å². The Hall–Kier alpha value is -1.08. The number of carbonyl (C=O) groups is 1. The first-order valence-electron chi connectivity index (χ1n) is 5.17. The molecule has 1 aromatic carbocycles. The molecule has 8 heteroatoms. The van der Waals surface area contributed by atoms with E-state index in [0.717, 1.165) is 6.08 Å². The van der Waals surface area contributed by atoms with Gasteiger partial charge in [-0.1, -0.05) is 30.1 Å². The fourth-order valence-electron chi connectivity index (χ4n) is 1.36. The average molecular weight is 324 g/mol. The zero-order chi connectivity index (χ0) is 14.6. The predicted octanol–water partition coefficient (Wildman–Crippen LogP) is 2.39. The van der Waals surface area contributed by atoms with E-state index in [9.17, 15) is 13.2 Å². The first kappa shape index (κ1) is 16.0. The lowest BCUT2D eigenvalue weighted by atomic mass is 10.2. The van der Waals surface area contributed by atoms with E-state index in [1.54, 1.807) is 6.92 Å². The van der Waals surface area contributed by atoms with E-state index in [1.807, 2.05) is 0 Å². The summed E-state index contributed by atoms with van der Waals surface area (Å²) in [5.74, 6) is -1.13. The summed E-state index contributed by atoms with van der Waals surface area (Å²) in [6.45, 7) is 1.83. The molecule has 0 aliphatic rings. The van der Waals surface area contributed by atoms with Crippen LogP contribution in [-0.2, 0) is 14.8 Å². The number of hydrogen-bond donors (Lipinski definition) is 2. The number of sulfonamides is 1. The van der Waals surface area contributed by atoms with Crippen molar-refractivity contribution < 1.29 is 18.3 Å². The quantitative estimate of drug-likeness (QED) is 0.815. The first-order valence-corrected chi connectivity index (χ1v) is 7.41. The maximum absolute atomic E-state index is 11.9. The second kappa shape index (κ2) is 6.38. The maximum atomic E-state index is 11.9. The fourth-order valence-corrected chi connectivity index (χ4v) is 3.63. The van der Waals surface area contributed by atoms with Crippen LogP contribution in [0.15, 0.2) is 23.1 Å². The number of halogens is 2. The number of aliphatic carboxylic acids is 1. The molecule has 0 radical (unpaired) electrons. The van der Waals surface area contributed by atoms with Crippen LogP contribution in [0.1, 0.15) is 12.5 Å². The summed E-state index contributed by atoms with van der Waals surface area (Å²) in [4.78, 5) is 10.2. The molecule has 0 unspecified atom stereocenters. The smallest absolute Gasteiger partial charge is 0.328 e. The lowest BCUT2D eigenvalue weighted by molar-refractivity contribution is -0.131. The number of carboxylic acid groups (broad SMARTS) is 1. The summed E-state index contributed by atoms with van der Waals surface area (Å²) in [6.07, 6.45) is 2.17. The number of benzene rings is 1. The lowest BCUT2D eigenvalue weighted by Gasteiger charge is -2.09. The summed E-state index contributed by atoms with van der Waals surface area (Å²) >= 11 is 11.8. The highest BCUT2D eigenvalue weighted by atomic mass is 35.5. The largest absolute Gasteiger partial charge is 0.478 e. The molecule has 2 N–H and O–H groups in total. The molecular formula is C11H11Cl2NO4S. The summed E-state index contributed by atoms with van der Waals surface area (Å²) in [6, 6.07) is 2.66. The Bertz CT molecular complexity index is 603. The van der Waals surface area contributed by atoms with Crippen LogP contribution in [0.3, 0.4) is 0 Å². The molecule has 0 spiro atoms. The summed E-state index contributed by atoms with van der Waals surface area (Å²) in [5, 5.41) is 8.37. The molecule has 104 valence electrons. The number of rotatable bonds is 5. The maximum Gasteiger partial charge on any atom is 0.328 e. The van der Waals surface area contributed by atoms with Gasteiger partial charge >= 0.3 is 5.97 Å². The van der Waals surface area contributed by atoms with Gasteiger partial charge in [-0.15, -0.1) is 0 Å². The van der Waals surface area contributed by atoms with Gasteiger partial charge in [0, 0.05) is 12.6 Å². The summed E-state index contributed by atoms with van der Waals surface area (Å²) in [5.41, 5.74) is 0.396. The number of nitrogens with one attached hydrogen (secondary N) is 1. The summed E-state index contributed by atoms with van der Waals surface area (Å²) < 4.78 is 26.0. The molecule has 0 fully saturated rings. The van der Waals surface area contributed by atoms with Crippen molar-refractivity contribution in [1.29, 1.82) is 0 Å². The van der Waals surface area contributed by atoms with E-state index in [0.29, 0.717) is 5.56 Å². The van der Waals surface area contributed by atoms with E-state index in [-0.39, 0.29) is 21.5 Å². The second-order valence-electron chi connectivity index (χ2n) is 3.49. The van der Waals surface area contributed by atoms with Crippen LogP contribution in [0.4, 0.5) is 0 Å². The average Bonchev–Trinajstić information content (AvgIpc) is 2.24. The third kappa shape index (κ3) is 4.21. The highest BCUT2D eigenvalue weighted by molar-refractivity contribution is 7.89. The van der Waals surface area contributed by atoms with Crippen molar-refractivity contribution in [1.82, 2.24) is 4.72 Å². The molecule has 0 aliphatic heterocycles. The molecule has 0 bridgehead atoms. The minimum atomic E-state index is -3.77. The minimum absolute atomic E-state index is 0.0708. The fraction of sp³-hybridized carbons (Fsp3) is 0.182. The Morgan fingerprint density at radius 2 is 1.89 bits per heavy atom. The molecule has 0 saturated heterocycles. The van der Waals surface area contributed by atoms with Crippen molar-refractivity contribution in [2.24, 2.45) is 0 Å². The van der Waals surface area contributed by atoms with E-state index in [4.69, 9.17) is 28.3 Å². The van der Waals surface area contributed by atoms with Gasteiger partial charge < -0.3 is 5.11 Å².